The third-order valence-corrected chi connectivity index (χ3v) is 7.20. The molecule has 3 N–H and O–H groups in total. The minimum atomic E-state index is -4.75. The SMILES string of the molecule is Cc1ccc(C)c(N=Nc2c(S(=O)(=O)O)cc3ccc4nc(C)n(Nc5ccccc5Cl)c4c3c2O)c1. The van der Waals surface area contributed by atoms with Crippen LogP contribution in [0.25, 0.3) is 21.8 Å². The van der Waals surface area contributed by atoms with E-state index in [0.29, 0.717) is 38.6 Å². The fourth-order valence-corrected chi connectivity index (χ4v) is 4.98. The number of anilines is 1. The molecule has 1 aromatic heterocycles. The Labute approximate surface area is 217 Å². The van der Waals surface area contributed by atoms with Crippen molar-refractivity contribution in [2.24, 2.45) is 10.2 Å². The number of aryl methyl sites for hydroxylation is 3. The molecule has 1 heterocycles. The Kier molecular flexibility index (Phi) is 6.10. The number of fused-ring (bicyclic) bond motifs is 3. The fourth-order valence-electron chi connectivity index (χ4n) is 4.15. The van der Waals surface area contributed by atoms with Gasteiger partial charge >= 0.3 is 0 Å². The van der Waals surface area contributed by atoms with E-state index in [4.69, 9.17) is 11.6 Å². The van der Waals surface area contributed by atoms with Crippen LogP contribution in [0.2, 0.25) is 5.02 Å². The number of imidazole rings is 1. The molecule has 0 bridgehead atoms. The van der Waals surface area contributed by atoms with Crippen molar-refractivity contribution in [1.82, 2.24) is 9.66 Å². The Balaban J connectivity index is 1.81. The van der Waals surface area contributed by atoms with Crippen molar-refractivity contribution >= 4 is 60.6 Å². The van der Waals surface area contributed by atoms with Crippen molar-refractivity contribution in [1.29, 1.82) is 0 Å². The minimum Gasteiger partial charge on any atom is -0.505 e. The van der Waals surface area contributed by atoms with Gasteiger partial charge in [-0.2, -0.15) is 13.5 Å². The average Bonchev–Trinajstić information content (AvgIpc) is 3.16. The summed E-state index contributed by atoms with van der Waals surface area (Å²) in [5.41, 5.74) is 6.68. The van der Waals surface area contributed by atoms with Gasteiger partial charge in [0.15, 0.2) is 5.75 Å². The second-order valence-electron chi connectivity index (χ2n) is 8.65. The number of aromatic hydroxyl groups is 1. The Bertz CT molecular complexity index is 1850. The van der Waals surface area contributed by atoms with E-state index < -0.39 is 20.8 Å². The number of aromatic nitrogens is 2. The number of para-hydroxylation sites is 1. The number of nitrogens with zero attached hydrogens (tertiary/aromatic N) is 4. The summed E-state index contributed by atoms with van der Waals surface area (Å²) in [5.74, 6) is 0.103. The van der Waals surface area contributed by atoms with Crippen LogP contribution in [-0.2, 0) is 10.1 Å². The lowest BCUT2D eigenvalue weighted by atomic mass is 10.1. The summed E-state index contributed by atoms with van der Waals surface area (Å²) >= 11 is 6.35. The van der Waals surface area contributed by atoms with E-state index in [1.54, 1.807) is 48.0 Å². The molecule has 0 aliphatic rings. The van der Waals surface area contributed by atoms with E-state index >= 15 is 0 Å². The highest BCUT2D eigenvalue weighted by atomic mass is 35.5. The Morgan fingerprint density at radius 2 is 1.76 bits per heavy atom. The summed E-state index contributed by atoms with van der Waals surface area (Å²) in [5, 5.41) is 20.8. The summed E-state index contributed by atoms with van der Waals surface area (Å²) in [6, 6.07) is 17.3. The third kappa shape index (κ3) is 4.50. The smallest absolute Gasteiger partial charge is 0.296 e. The number of phenols is 1. The molecule has 11 heteroatoms. The molecule has 0 unspecified atom stereocenters. The van der Waals surface area contributed by atoms with Gasteiger partial charge in [-0.25, -0.2) is 9.66 Å². The largest absolute Gasteiger partial charge is 0.505 e. The van der Waals surface area contributed by atoms with Gasteiger partial charge in [0.2, 0.25) is 0 Å². The standard InChI is InChI=1S/C26H22ClN5O4S/c1-14-8-9-15(2)21(12-14)29-30-24-22(37(34,35)36)13-17-10-11-20-25(23(17)26(24)33)32(16(3)28-20)31-19-7-5-4-6-18(19)27/h4-13,31,33H,1-3H3,(H,34,35,36). The summed E-state index contributed by atoms with van der Waals surface area (Å²) in [7, 11) is -4.75. The molecule has 0 saturated carbocycles. The van der Waals surface area contributed by atoms with Gasteiger partial charge in [-0.05, 0) is 67.6 Å². The van der Waals surface area contributed by atoms with Crippen LogP contribution in [0.15, 0.2) is 75.8 Å². The Morgan fingerprint density at radius 3 is 2.49 bits per heavy atom. The normalized spacial score (nSPS) is 12.1. The summed E-state index contributed by atoms with van der Waals surface area (Å²) < 4.78 is 36.2. The molecule has 0 amide bonds. The number of rotatable bonds is 5. The molecule has 5 rings (SSSR count). The molecule has 37 heavy (non-hydrogen) atoms. The van der Waals surface area contributed by atoms with Crippen LogP contribution in [0.1, 0.15) is 17.0 Å². The third-order valence-electron chi connectivity index (χ3n) is 6.01. The Morgan fingerprint density at radius 1 is 1.00 bits per heavy atom. The second-order valence-corrected chi connectivity index (χ2v) is 10.5. The molecule has 188 valence electrons. The van der Waals surface area contributed by atoms with Gasteiger partial charge in [0.1, 0.15) is 21.9 Å². The average molecular weight is 536 g/mol. The molecule has 0 atom stereocenters. The van der Waals surface area contributed by atoms with Crippen molar-refractivity contribution in [3.63, 3.8) is 0 Å². The lowest BCUT2D eigenvalue weighted by molar-refractivity contribution is 0.472. The number of nitrogens with one attached hydrogen (secondary N) is 1. The van der Waals surface area contributed by atoms with E-state index in [-0.39, 0.29) is 11.1 Å². The summed E-state index contributed by atoms with van der Waals surface area (Å²) in [6.45, 7) is 5.51. The lowest BCUT2D eigenvalue weighted by Crippen LogP contribution is -2.11. The molecule has 0 spiro atoms. The first-order valence-electron chi connectivity index (χ1n) is 11.2. The maximum atomic E-state index is 12.3. The van der Waals surface area contributed by atoms with Gasteiger partial charge in [-0.15, -0.1) is 5.11 Å². The number of hydrogen-bond donors (Lipinski definition) is 3. The van der Waals surface area contributed by atoms with Crippen molar-refractivity contribution in [2.45, 2.75) is 25.7 Å². The zero-order chi connectivity index (χ0) is 26.5. The topological polar surface area (TPSA) is 129 Å². The molecule has 9 nitrogen and oxygen atoms in total. The van der Waals surface area contributed by atoms with Gasteiger partial charge in [-0.1, -0.05) is 41.9 Å². The number of phenolic OH excluding ortho intramolecular Hbond substituents is 1. The van der Waals surface area contributed by atoms with E-state index in [2.05, 4.69) is 20.6 Å². The van der Waals surface area contributed by atoms with Crippen molar-refractivity contribution in [2.75, 3.05) is 5.43 Å². The number of hydrogen-bond acceptors (Lipinski definition) is 7. The quantitative estimate of drug-likeness (QED) is 0.164. The first-order chi connectivity index (χ1) is 17.5. The van der Waals surface area contributed by atoms with Crippen LogP contribution >= 0.6 is 11.6 Å². The molecule has 0 saturated heterocycles. The number of azo groups is 1. The highest BCUT2D eigenvalue weighted by molar-refractivity contribution is 7.86. The predicted molar refractivity (Wildman–Crippen MR) is 144 cm³/mol. The number of halogens is 1. The van der Waals surface area contributed by atoms with Crippen molar-refractivity contribution in [3.8, 4) is 5.75 Å². The number of benzene rings is 4. The summed E-state index contributed by atoms with van der Waals surface area (Å²) in [6.07, 6.45) is 0. The maximum Gasteiger partial charge on any atom is 0.296 e. The van der Waals surface area contributed by atoms with Crippen LogP contribution in [0, 0.1) is 20.8 Å². The van der Waals surface area contributed by atoms with Crippen LogP contribution in [-0.4, -0.2) is 27.7 Å². The molecular weight excluding hydrogens is 514 g/mol. The molecular formula is C26H22ClN5O4S. The van der Waals surface area contributed by atoms with E-state index in [0.717, 1.165) is 11.1 Å². The predicted octanol–water partition coefficient (Wildman–Crippen LogP) is 7.01. The van der Waals surface area contributed by atoms with Gasteiger partial charge in [0.25, 0.3) is 10.1 Å². The van der Waals surface area contributed by atoms with E-state index in [1.165, 1.54) is 6.07 Å². The first-order valence-corrected chi connectivity index (χ1v) is 13.0. The van der Waals surface area contributed by atoms with Gasteiger partial charge in [0, 0.05) is 0 Å². The molecule has 0 radical (unpaired) electrons. The molecule has 0 aliphatic heterocycles. The molecule has 4 aromatic carbocycles. The lowest BCUT2D eigenvalue weighted by Gasteiger charge is -2.15. The Hall–Kier alpha value is -3.99. The second kappa shape index (κ2) is 9.15. The van der Waals surface area contributed by atoms with Gasteiger partial charge in [0.05, 0.1) is 27.3 Å². The van der Waals surface area contributed by atoms with Gasteiger partial charge in [-0.3, -0.25) is 9.98 Å². The minimum absolute atomic E-state index is 0.278. The van der Waals surface area contributed by atoms with Crippen LogP contribution < -0.4 is 5.43 Å². The first kappa shape index (κ1) is 24.7. The molecule has 5 aromatic rings. The van der Waals surface area contributed by atoms with Crippen molar-refractivity contribution in [3.05, 3.63) is 82.6 Å². The zero-order valence-electron chi connectivity index (χ0n) is 20.1. The zero-order valence-corrected chi connectivity index (χ0v) is 21.6. The highest BCUT2D eigenvalue weighted by Crippen LogP contribution is 2.44. The maximum absolute atomic E-state index is 12.3. The monoisotopic (exact) mass is 535 g/mol. The van der Waals surface area contributed by atoms with Gasteiger partial charge < -0.3 is 5.11 Å². The molecule has 0 aliphatic carbocycles. The van der Waals surface area contributed by atoms with Crippen LogP contribution in [0.3, 0.4) is 0 Å². The van der Waals surface area contributed by atoms with E-state index in [9.17, 15) is 18.1 Å². The van der Waals surface area contributed by atoms with Crippen LogP contribution in [0.5, 0.6) is 5.75 Å². The van der Waals surface area contributed by atoms with Crippen molar-refractivity contribution < 1.29 is 18.1 Å². The highest BCUT2D eigenvalue weighted by Gasteiger charge is 2.25. The van der Waals surface area contributed by atoms with Crippen LogP contribution in [0.4, 0.5) is 17.1 Å². The van der Waals surface area contributed by atoms with E-state index in [1.807, 2.05) is 32.0 Å². The fraction of sp³-hybridized carbons (Fsp3) is 0.115. The summed E-state index contributed by atoms with van der Waals surface area (Å²) in [4.78, 5) is 4.01. The molecule has 0 fully saturated rings.